The number of likely N-dealkylation sites (tertiary alicyclic amines) is 1. The van der Waals surface area contributed by atoms with Gasteiger partial charge in [0.1, 0.15) is 0 Å². The van der Waals surface area contributed by atoms with E-state index in [1.807, 2.05) is 0 Å². The molecule has 1 heterocycles. The Labute approximate surface area is 145 Å². The van der Waals surface area contributed by atoms with Gasteiger partial charge in [0.2, 0.25) is 11.8 Å². The first-order chi connectivity index (χ1) is 10.6. The molecule has 1 fully saturated rings. The number of ether oxygens (including phenoxy) is 1. The molecule has 1 rings (SSSR count). The van der Waals surface area contributed by atoms with Crippen molar-refractivity contribution >= 4 is 23.6 Å². The van der Waals surface area contributed by atoms with Crippen molar-refractivity contribution in [3.05, 3.63) is 0 Å². The second-order valence-electron chi connectivity index (χ2n) is 8.06. The van der Waals surface area contributed by atoms with Crippen LogP contribution in [0.4, 0.5) is 0 Å². The molecule has 1 atom stereocenters. The van der Waals surface area contributed by atoms with Gasteiger partial charge in [0.15, 0.2) is 0 Å². The van der Waals surface area contributed by atoms with E-state index in [-0.39, 0.29) is 27.9 Å². The van der Waals surface area contributed by atoms with E-state index in [1.54, 1.807) is 11.8 Å². The quantitative estimate of drug-likeness (QED) is 0.567. The smallest absolute Gasteiger partial charge is 0.242 e. The molecule has 2 amide bonds. The monoisotopic (exact) mass is 343 g/mol. The molecule has 1 aliphatic heterocycles. The highest BCUT2D eigenvalue weighted by molar-refractivity contribution is 8.00. The van der Waals surface area contributed by atoms with E-state index >= 15 is 0 Å². The Morgan fingerprint density at radius 1 is 1.13 bits per heavy atom. The molecule has 0 radical (unpaired) electrons. The highest BCUT2D eigenvalue weighted by atomic mass is 32.2. The van der Waals surface area contributed by atoms with Crippen molar-refractivity contribution in [1.82, 2.24) is 4.90 Å². The average molecular weight is 344 g/mol. The molecule has 0 aromatic heterocycles. The fourth-order valence-corrected chi connectivity index (χ4v) is 3.44. The molecule has 23 heavy (non-hydrogen) atoms. The maximum absolute atomic E-state index is 12.4. The summed E-state index contributed by atoms with van der Waals surface area (Å²) in [6, 6.07) is 0. The topological polar surface area (TPSA) is 46.6 Å². The van der Waals surface area contributed by atoms with Crippen LogP contribution in [-0.2, 0) is 14.3 Å². The van der Waals surface area contributed by atoms with Gasteiger partial charge in [0.25, 0.3) is 0 Å². The Kier molecular flexibility index (Phi) is 7.59. The van der Waals surface area contributed by atoms with Crippen molar-refractivity contribution in [2.75, 3.05) is 25.5 Å². The number of rotatable bonds is 10. The van der Waals surface area contributed by atoms with Gasteiger partial charge in [-0.05, 0) is 24.0 Å². The van der Waals surface area contributed by atoms with E-state index in [4.69, 9.17) is 4.74 Å². The van der Waals surface area contributed by atoms with Crippen LogP contribution in [0.15, 0.2) is 0 Å². The van der Waals surface area contributed by atoms with E-state index in [2.05, 4.69) is 41.5 Å². The Bertz CT molecular complexity index is 420. The zero-order valence-corrected chi connectivity index (χ0v) is 16.4. The third-order valence-corrected chi connectivity index (χ3v) is 5.67. The third kappa shape index (κ3) is 6.46. The highest BCUT2D eigenvalue weighted by Crippen LogP contribution is 2.29. The van der Waals surface area contributed by atoms with E-state index in [1.165, 1.54) is 4.90 Å². The van der Waals surface area contributed by atoms with Crippen LogP contribution in [0.2, 0.25) is 0 Å². The third-order valence-electron chi connectivity index (χ3n) is 4.25. The van der Waals surface area contributed by atoms with Gasteiger partial charge in [-0.1, -0.05) is 41.5 Å². The van der Waals surface area contributed by atoms with Gasteiger partial charge in [0, 0.05) is 18.4 Å². The van der Waals surface area contributed by atoms with Crippen LogP contribution in [0.5, 0.6) is 0 Å². The van der Waals surface area contributed by atoms with Gasteiger partial charge in [0.05, 0.1) is 18.5 Å². The van der Waals surface area contributed by atoms with Crippen LogP contribution in [0.3, 0.4) is 0 Å². The minimum Gasteiger partial charge on any atom is -0.380 e. The van der Waals surface area contributed by atoms with Crippen molar-refractivity contribution in [3.63, 3.8) is 0 Å². The summed E-state index contributed by atoms with van der Waals surface area (Å²) >= 11 is 1.61. The molecule has 134 valence electrons. The molecule has 1 unspecified atom stereocenters. The minimum absolute atomic E-state index is 0.0181. The van der Waals surface area contributed by atoms with Crippen LogP contribution < -0.4 is 0 Å². The van der Waals surface area contributed by atoms with Crippen LogP contribution in [0.25, 0.3) is 0 Å². The number of carbonyl (C=O) groups excluding carboxylic acids is 2. The van der Waals surface area contributed by atoms with Crippen LogP contribution in [0, 0.1) is 10.8 Å². The van der Waals surface area contributed by atoms with Crippen molar-refractivity contribution in [1.29, 1.82) is 0 Å². The normalized spacial score (nSPS) is 19.7. The lowest BCUT2D eigenvalue weighted by atomic mass is 9.91. The molecule has 1 saturated heterocycles. The fourth-order valence-electron chi connectivity index (χ4n) is 2.39. The fraction of sp³-hybridized carbons (Fsp3) is 0.889. The second kappa shape index (κ2) is 8.52. The number of hydrogen-bond acceptors (Lipinski definition) is 4. The molecule has 0 N–H and O–H groups in total. The maximum atomic E-state index is 12.4. The van der Waals surface area contributed by atoms with Crippen LogP contribution in [0.1, 0.15) is 60.8 Å². The highest BCUT2D eigenvalue weighted by Gasteiger charge is 2.41. The molecule has 5 heteroatoms. The molecule has 0 bridgehead atoms. The predicted molar refractivity (Wildman–Crippen MR) is 96.5 cm³/mol. The summed E-state index contributed by atoms with van der Waals surface area (Å²) in [6.45, 7) is 14.4. The molecule has 0 saturated carbocycles. The lowest BCUT2D eigenvalue weighted by Gasteiger charge is -2.31. The molecule has 0 aromatic carbocycles. The maximum Gasteiger partial charge on any atom is 0.242 e. The largest absolute Gasteiger partial charge is 0.380 e. The molecular weight excluding hydrogens is 310 g/mol. The standard InChI is InChI=1S/C18H33NO3S/c1-7-9-23-14-10-15(20)19(16(14)21)11-18(5,6)13-22-12-17(3,4)8-2/h14H,7-13H2,1-6H3. The summed E-state index contributed by atoms with van der Waals surface area (Å²) in [5.74, 6) is 0.872. The summed E-state index contributed by atoms with van der Waals surface area (Å²) in [5.41, 5.74) is -0.0588. The molecule has 4 nitrogen and oxygen atoms in total. The summed E-state index contributed by atoms with van der Waals surface area (Å²) in [4.78, 5) is 26.0. The van der Waals surface area contributed by atoms with E-state index in [9.17, 15) is 9.59 Å². The van der Waals surface area contributed by atoms with Gasteiger partial charge in [-0.3, -0.25) is 14.5 Å². The molecule has 1 aliphatic rings. The predicted octanol–water partition coefficient (Wildman–Crippen LogP) is 3.74. The SMILES string of the molecule is CCCSC1CC(=O)N(CC(C)(C)COCC(C)(C)CC)C1=O. The van der Waals surface area contributed by atoms with E-state index in [0.717, 1.165) is 18.6 Å². The first kappa shape index (κ1) is 20.5. The van der Waals surface area contributed by atoms with Crippen molar-refractivity contribution < 1.29 is 14.3 Å². The zero-order chi connectivity index (χ0) is 17.7. The molecular formula is C18H33NO3S. The van der Waals surface area contributed by atoms with E-state index in [0.29, 0.717) is 26.2 Å². The Balaban J connectivity index is 2.52. The summed E-state index contributed by atoms with van der Waals surface area (Å²) < 4.78 is 5.87. The summed E-state index contributed by atoms with van der Waals surface area (Å²) in [6.07, 6.45) is 2.44. The van der Waals surface area contributed by atoms with Gasteiger partial charge < -0.3 is 4.74 Å². The lowest BCUT2D eigenvalue weighted by molar-refractivity contribution is -0.140. The Morgan fingerprint density at radius 3 is 2.30 bits per heavy atom. The van der Waals surface area contributed by atoms with Crippen molar-refractivity contribution in [3.8, 4) is 0 Å². The lowest BCUT2D eigenvalue weighted by Crippen LogP contribution is -2.41. The summed E-state index contributed by atoms with van der Waals surface area (Å²) in [5, 5.41) is -0.182. The van der Waals surface area contributed by atoms with Gasteiger partial charge in [-0.25, -0.2) is 0 Å². The number of hydrogen-bond donors (Lipinski definition) is 0. The Hall–Kier alpha value is -0.550. The minimum atomic E-state index is -0.223. The van der Waals surface area contributed by atoms with E-state index < -0.39 is 0 Å². The number of carbonyl (C=O) groups is 2. The molecule has 0 spiro atoms. The van der Waals surface area contributed by atoms with Crippen molar-refractivity contribution in [2.45, 2.75) is 66.1 Å². The zero-order valence-electron chi connectivity index (χ0n) is 15.6. The molecule has 0 aromatic rings. The van der Waals surface area contributed by atoms with Crippen LogP contribution in [-0.4, -0.2) is 47.5 Å². The average Bonchev–Trinajstić information content (AvgIpc) is 2.72. The first-order valence-electron chi connectivity index (χ1n) is 8.65. The van der Waals surface area contributed by atoms with Crippen molar-refractivity contribution in [2.24, 2.45) is 10.8 Å². The van der Waals surface area contributed by atoms with Gasteiger partial charge in [-0.2, -0.15) is 0 Å². The van der Waals surface area contributed by atoms with Crippen LogP contribution >= 0.6 is 11.8 Å². The Morgan fingerprint density at radius 2 is 1.74 bits per heavy atom. The van der Waals surface area contributed by atoms with Gasteiger partial charge in [-0.15, -0.1) is 11.8 Å². The molecule has 0 aliphatic carbocycles. The number of thioether (sulfide) groups is 1. The first-order valence-corrected chi connectivity index (χ1v) is 9.70. The van der Waals surface area contributed by atoms with Gasteiger partial charge >= 0.3 is 0 Å². The number of imide groups is 1. The number of amides is 2. The summed E-state index contributed by atoms with van der Waals surface area (Å²) in [7, 11) is 0. The second-order valence-corrected chi connectivity index (χ2v) is 9.37. The number of nitrogens with zero attached hydrogens (tertiary/aromatic N) is 1.